The summed E-state index contributed by atoms with van der Waals surface area (Å²) in [5, 5.41) is 19.5. The molecule has 0 aromatic heterocycles. The third-order valence-electron chi connectivity index (χ3n) is 2.78. The van der Waals surface area contributed by atoms with E-state index in [1.807, 2.05) is 0 Å². The van der Waals surface area contributed by atoms with Crippen LogP contribution in [0.2, 0.25) is 0 Å². The molecule has 0 saturated heterocycles. The number of hydrogen-bond acceptors (Lipinski definition) is 6. The van der Waals surface area contributed by atoms with Gasteiger partial charge in [-0.2, -0.15) is 0 Å². The van der Waals surface area contributed by atoms with Gasteiger partial charge in [-0.05, 0) is 12.1 Å². The van der Waals surface area contributed by atoms with Crippen LogP contribution in [0, 0.1) is 10.1 Å². The summed E-state index contributed by atoms with van der Waals surface area (Å²) in [5.74, 6) is -0.286. The van der Waals surface area contributed by atoms with Gasteiger partial charge < -0.3 is 20.7 Å². The highest BCUT2D eigenvalue weighted by atomic mass is 16.6. The average molecular weight is 296 g/mol. The molecule has 0 unspecified atom stereocenters. The van der Waals surface area contributed by atoms with Crippen molar-refractivity contribution in [1.29, 1.82) is 0 Å². The zero-order valence-electron chi connectivity index (χ0n) is 12.1. The summed E-state index contributed by atoms with van der Waals surface area (Å²) < 4.78 is 4.90. The topological polar surface area (TPSA) is 106 Å². The maximum Gasteiger partial charge on any atom is 0.292 e. The van der Waals surface area contributed by atoms with E-state index in [9.17, 15) is 14.9 Å². The Hall–Kier alpha value is -2.19. The molecule has 8 nitrogen and oxygen atoms in total. The number of nitrogens with zero attached hydrogens (tertiary/aromatic N) is 1. The van der Waals surface area contributed by atoms with Gasteiger partial charge in [0.05, 0.1) is 11.5 Å². The fourth-order valence-electron chi connectivity index (χ4n) is 1.71. The minimum absolute atomic E-state index is 0.0560. The third-order valence-corrected chi connectivity index (χ3v) is 2.78. The zero-order valence-corrected chi connectivity index (χ0v) is 12.1. The van der Waals surface area contributed by atoms with Gasteiger partial charge in [0.25, 0.3) is 11.6 Å². The molecule has 116 valence electrons. The van der Waals surface area contributed by atoms with Gasteiger partial charge in [0.15, 0.2) is 0 Å². The van der Waals surface area contributed by atoms with Crippen LogP contribution in [0.25, 0.3) is 0 Å². The van der Waals surface area contributed by atoms with E-state index in [4.69, 9.17) is 4.74 Å². The SMILES string of the molecule is CNC(=O)c1ccc([N+](=O)[O-])c(NCCNCCOC)c1. The number of anilines is 1. The number of benzene rings is 1. The van der Waals surface area contributed by atoms with Crippen molar-refractivity contribution >= 4 is 17.3 Å². The second-order valence-corrected chi connectivity index (χ2v) is 4.24. The first-order valence-electron chi connectivity index (χ1n) is 6.54. The van der Waals surface area contributed by atoms with Crippen LogP contribution < -0.4 is 16.0 Å². The number of ether oxygens (including phenoxy) is 1. The van der Waals surface area contributed by atoms with E-state index in [0.717, 1.165) is 0 Å². The van der Waals surface area contributed by atoms with Crippen LogP contribution in [0.3, 0.4) is 0 Å². The molecule has 0 aliphatic rings. The van der Waals surface area contributed by atoms with Crippen LogP contribution in [0.15, 0.2) is 18.2 Å². The lowest BCUT2D eigenvalue weighted by Crippen LogP contribution is -2.25. The Morgan fingerprint density at radius 3 is 2.71 bits per heavy atom. The molecule has 1 aromatic carbocycles. The lowest BCUT2D eigenvalue weighted by Gasteiger charge is -2.09. The molecule has 21 heavy (non-hydrogen) atoms. The highest BCUT2D eigenvalue weighted by Gasteiger charge is 2.15. The standard InChI is InChI=1S/C13H20N4O4/c1-14-13(18)10-3-4-12(17(19)20)11(9-10)16-6-5-15-7-8-21-2/h3-4,9,15-16H,5-8H2,1-2H3,(H,14,18). The number of amides is 1. The average Bonchev–Trinajstić information content (AvgIpc) is 2.49. The Morgan fingerprint density at radius 1 is 1.33 bits per heavy atom. The second-order valence-electron chi connectivity index (χ2n) is 4.24. The fraction of sp³-hybridized carbons (Fsp3) is 0.462. The van der Waals surface area contributed by atoms with Gasteiger partial charge in [0, 0.05) is 45.4 Å². The summed E-state index contributed by atoms with van der Waals surface area (Å²) in [6, 6.07) is 4.23. The molecule has 1 aromatic rings. The van der Waals surface area contributed by atoms with Gasteiger partial charge in [-0.25, -0.2) is 0 Å². The highest BCUT2D eigenvalue weighted by molar-refractivity contribution is 5.95. The van der Waals surface area contributed by atoms with E-state index >= 15 is 0 Å². The summed E-state index contributed by atoms with van der Waals surface area (Å²) in [4.78, 5) is 22.1. The van der Waals surface area contributed by atoms with E-state index in [1.54, 1.807) is 7.11 Å². The van der Waals surface area contributed by atoms with Crippen molar-refractivity contribution in [1.82, 2.24) is 10.6 Å². The molecule has 0 saturated carbocycles. The predicted octanol–water partition coefficient (Wildman–Crippen LogP) is 0.602. The predicted molar refractivity (Wildman–Crippen MR) is 79.7 cm³/mol. The van der Waals surface area contributed by atoms with Gasteiger partial charge in [-0.1, -0.05) is 0 Å². The van der Waals surface area contributed by atoms with Gasteiger partial charge in [-0.15, -0.1) is 0 Å². The molecular formula is C13H20N4O4. The van der Waals surface area contributed by atoms with E-state index < -0.39 is 4.92 Å². The van der Waals surface area contributed by atoms with Gasteiger partial charge in [0.1, 0.15) is 5.69 Å². The van der Waals surface area contributed by atoms with Crippen LogP contribution in [0.1, 0.15) is 10.4 Å². The van der Waals surface area contributed by atoms with Crippen molar-refractivity contribution in [2.45, 2.75) is 0 Å². The number of methoxy groups -OCH3 is 1. The molecule has 1 amide bonds. The van der Waals surface area contributed by atoms with Crippen LogP contribution in [0.4, 0.5) is 11.4 Å². The van der Waals surface area contributed by atoms with Crippen molar-refractivity contribution in [3.8, 4) is 0 Å². The van der Waals surface area contributed by atoms with E-state index in [-0.39, 0.29) is 11.6 Å². The van der Waals surface area contributed by atoms with Gasteiger partial charge >= 0.3 is 0 Å². The summed E-state index contributed by atoms with van der Waals surface area (Å²) >= 11 is 0. The lowest BCUT2D eigenvalue weighted by molar-refractivity contribution is -0.384. The Labute approximate surface area is 123 Å². The van der Waals surface area contributed by atoms with Gasteiger partial charge in [0.2, 0.25) is 0 Å². The number of carbonyl (C=O) groups is 1. The third kappa shape index (κ3) is 5.36. The molecular weight excluding hydrogens is 276 g/mol. The number of rotatable bonds is 9. The Kier molecular flexibility index (Phi) is 7.13. The number of carbonyl (C=O) groups excluding carboxylic acids is 1. The van der Waals surface area contributed by atoms with Crippen LogP contribution in [0.5, 0.6) is 0 Å². The molecule has 0 bridgehead atoms. The fourth-order valence-corrected chi connectivity index (χ4v) is 1.71. The smallest absolute Gasteiger partial charge is 0.292 e. The largest absolute Gasteiger partial charge is 0.383 e. The van der Waals surface area contributed by atoms with Crippen LogP contribution >= 0.6 is 0 Å². The molecule has 0 atom stereocenters. The maximum absolute atomic E-state index is 11.6. The molecule has 3 N–H and O–H groups in total. The molecule has 1 rings (SSSR count). The number of nitrogens with one attached hydrogen (secondary N) is 3. The lowest BCUT2D eigenvalue weighted by atomic mass is 10.1. The highest BCUT2D eigenvalue weighted by Crippen LogP contribution is 2.25. The molecule has 0 spiro atoms. The van der Waals surface area contributed by atoms with Crippen molar-refractivity contribution in [2.24, 2.45) is 0 Å². The summed E-state index contributed by atoms with van der Waals surface area (Å²) in [6.07, 6.45) is 0. The molecule has 0 aliphatic carbocycles. The molecule has 0 fully saturated rings. The first kappa shape index (κ1) is 16.9. The van der Waals surface area contributed by atoms with Crippen molar-refractivity contribution in [3.63, 3.8) is 0 Å². The molecule has 0 heterocycles. The second kappa shape index (κ2) is 8.88. The van der Waals surface area contributed by atoms with Crippen molar-refractivity contribution < 1.29 is 14.5 Å². The summed E-state index contributed by atoms with van der Waals surface area (Å²) in [7, 11) is 3.13. The number of nitro benzene ring substituents is 1. The maximum atomic E-state index is 11.6. The van der Waals surface area contributed by atoms with Crippen LogP contribution in [-0.2, 0) is 4.74 Å². The van der Waals surface area contributed by atoms with E-state index in [2.05, 4.69) is 16.0 Å². The first-order chi connectivity index (χ1) is 10.1. The van der Waals surface area contributed by atoms with Crippen LogP contribution in [-0.4, -0.2) is 51.2 Å². The van der Waals surface area contributed by atoms with E-state index in [1.165, 1.54) is 25.2 Å². The zero-order chi connectivity index (χ0) is 15.7. The van der Waals surface area contributed by atoms with Gasteiger partial charge in [-0.3, -0.25) is 14.9 Å². The van der Waals surface area contributed by atoms with Crippen molar-refractivity contribution in [3.05, 3.63) is 33.9 Å². The Morgan fingerprint density at radius 2 is 2.10 bits per heavy atom. The van der Waals surface area contributed by atoms with Crippen molar-refractivity contribution in [2.75, 3.05) is 45.7 Å². The minimum atomic E-state index is -0.478. The molecule has 0 radical (unpaired) electrons. The monoisotopic (exact) mass is 296 g/mol. The minimum Gasteiger partial charge on any atom is -0.383 e. The number of nitro groups is 1. The number of hydrogen-bond donors (Lipinski definition) is 3. The Bertz CT molecular complexity index is 493. The van der Waals surface area contributed by atoms with E-state index in [0.29, 0.717) is 37.5 Å². The summed E-state index contributed by atoms with van der Waals surface area (Å²) in [6.45, 7) is 2.44. The molecule has 8 heteroatoms. The quantitative estimate of drug-likeness (QED) is 0.350. The normalized spacial score (nSPS) is 10.2. The molecule has 0 aliphatic heterocycles. The Balaban J connectivity index is 2.68. The summed E-state index contributed by atoms with van der Waals surface area (Å²) in [5.41, 5.74) is 0.645. The first-order valence-corrected chi connectivity index (χ1v) is 6.54.